The number of carbonyl (C=O) groups is 1. The molecule has 2 fully saturated rings. The van der Waals surface area contributed by atoms with E-state index < -0.39 is 30.1 Å². The van der Waals surface area contributed by atoms with Crippen LogP contribution >= 0.6 is 0 Å². The van der Waals surface area contributed by atoms with Gasteiger partial charge in [-0.1, -0.05) is 6.92 Å². The summed E-state index contributed by atoms with van der Waals surface area (Å²) >= 11 is 0. The van der Waals surface area contributed by atoms with Crippen LogP contribution in [0.4, 0.5) is 13.2 Å². The van der Waals surface area contributed by atoms with Crippen LogP contribution in [0.15, 0.2) is 0 Å². The number of ether oxygens (including phenoxy) is 1. The van der Waals surface area contributed by atoms with Crippen molar-refractivity contribution in [3.05, 3.63) is 0 Å². The third kappa shape index (κ3) is 2.27. The Bertz CT molecular complexity index is 316. The van der Waals surface area contributed by atoms with Crippen LogP contribution in [0.1, 0.15) is 19.8 Å². The topological polar surface area (TPSA) is 46.5 Å². The minimum atomic E-state index is -4.33. The molecular formula is C11H15F3O3. The van der Waals surface area contributed by atoms with Crippen LogP contribution in [0.5, 0.6) is 0 Å². The van der Waals surface area contributed by atoms with Crippen LogP contribution in [0, 0.1) is 23.7 Å². The zero-order valence-corrected chi connectivity index (χ0v) is 9.41. The van der Waals surface area contributed by atoms with Gasteiger partial charge in [0, 0.05) is 12.5 Å². The van der Waals surface area contributed by atoms with Gasteiger partial charge >= 0.3 is 12.1 Å². The van der Waals surface area contributed by atoms with Crippen molar-refractivity contribution < 1.29 is 27.8 Å². The lowest BCUT2D eigenvalue weighted by molar-refractivity contribution is -0.201. The van der Waals surface area contributed by atoms with Gasteiger partial charge in [0.1, 0.15) is 0 Å². The number of alkyl halides is 3. The number of fused-ring (bicyclic) bond motifs is 1. The van der Waals surface area contributed by atoms with E-state index in [9.17, 15) is 18.0 Å². The number of halogens is 3. The van der Waals surface area contributed by atoms with Gasteiger partial charge in [-0.15, -0.1) is 0 Å². The summed E-state index contributed by atoms with van der Waals surface area (Å²) in [5.41, 5.74) is 0. The van der Waals surface area contributed by atoms with Crippen molar-refractivity contribution in [3.63, 3.8) is 0 Å². The van der Waals surface area contributed by atoms with E-state index in [1.54, 1.807) is 0 Å². The maximum Gasteiger partial charge on any atom is 0.391 e. The number of carboxylic acid groups (broad SMARTS) is 1. The summed E-state index contributed by atoms with van der Waals surface area (Å²) in [6.45, 7) is 2.21. The molecular weight excluding hydrogens is 237 g/mol. The predicted molar refractivity (Wildman–Crippen MR) is 52.3 cm³/mol. The van der Waals surface area contributed by atoms with Gasteiger partial charge in [0.15, 0.2) is 0 Å². The van der Waals surface area contributed by atoms with Crippen molar-refractivity contribution in [2.24, 2.45) is 23.7 Å². The summed E-state index contributed by atoms with van der Waals surface area (Å²) in [4.78, 5) is 11.1. The summed E-state index contributed by atoms with van der Waals surface area (Å²) in [7, 11) is 0. The first-order valence-electron chi connectivity index (χ1n) is 5.71. The van der Waals surface area contributed by atoms with Crippen molar-refractivity contribution in [2.45, 2.75) is 32.0 Å². The first-order chi connectivity index (χ1) is 7.80. The summed E-state index contributed by atoms with van der Waals surface area (Å²) in [6, 6.07) is 0. The van der Waals surface area contributed by atoms with Crippen LogP contribution in [0.2, 0.25) is 0 Å². The molecule has 0 aromatic rings. The first kappa shape index (κ1) is 12.7. The average molecular weight is 252 g/mol. The monoisotopic (exact) mass is 252 g/mol. The van der Waals surface area contributed by atoms with E-state index in [1.165, 1.54) is 0 Å². The second-order valence-electron chi connectivity index (χ2n) is 5.08. The van der Waals surface area contributed by atoms with Crippen molar-refractivity contribution in [2.75, 3.05) is 6.61 Å². The zero-order chi connectivity index (χ0) is 12.8. The molecule has 1 saturated carbocycles. The molecule has 0 spiro atoms. The third-order valence-corrected chi connectivity index (χ3v) is 3.96. The maximum absolute atomic E-state index is 12.7. The standard InChI is InChI=1S/C11H15F3O3/c1-5-4-17-8-3-6(11(12,13)14)2-7(9(5)8)10(15)16/h5-9H,2-4H2,1H3,(H,15,16)/t5-,6+,7-,8-,9-/m1/s1. The molecule has 1 saturated heterocycles. The molecule has 2 aliphatic rings. The van der Waals surface area contributed by atoms with E-state index in [0.717, 1.165) is 0 Å². The molecule has 1 aliphatic heterocycles. The highest BCUT2D eigenvalue weighted by Crippen LogP contribution is 2.48. The molecule has 0 bridgehead atoms. The van der Waals surface area contributed by atoms with E-state index in [0.29, 0.717) is 6.61 Å². The van der Waals surface area contributed by atoms with Gasteiger partial charge in [0.05, 0.1) is 17.9 Å². The van der Waals surface area contributed by atoms with Gasteiger partial charge < -0.3 is 9.84 Å². The minimum Gasteiger partial charge on any atom is -0.481 e. The molecule has 0 unspecified atom stereocenters. The van der Waals surface area contributed by atoms with Crippen molar-refractivity contribution >= 4 is 5.97 Å². The normalized spacial score (nSPS) is 42.2. The second-order valence-corrected chi connectivity index (χ2v) is 5.08. The quantitative estimate of drug-likeness (QED) is 0.779. The Balaban J connectivity index is 2.20. The fourth-order valence-electron chi connectivity index (χ4n) is 3.12. The Kier molecular flexibility index (Phi) is 3.10. The third-order valence-electron chi connectivity index (χ3n) is 3.96. The van der Waals surface area contributed by atoms with Gasteiger partial charge in [-0.3, -0.25) is 4.79 Å². The smallest absolute Gasteiger partial charge is 0.391 e. The Morgan fingerprint density at radius 3 is 2.53 bits per heavy atom. The fraction of sp³-hybridized carbons (Fsp3) is 0.909. The molecule has 1 N–H and O–H groups in total. The van der Waals surface area contributed by atoms with Crippen molar-refractivity contribution in [1.82, 2.24) is 0 Å². The Hall–Kier alpha value is -0.780. The fourth-order valence-corrected chi connectivity index (χ4v) is 3.12. The number of rotatable bonds is 1. The van der Waals surface area contributed by atoms with Gasteiger partial charge in [0.25, 0.3) is 0 Å². The van der Waals surface area contributed by atoms with Crippen LogP contribution in [-0.2, 0) is 9.53 Å². The highest BCUT2D eigenvalue weighted by molar-refractivity contribution is 5.70. The largest absolute Gasteiger partial charge is 0.481 e. The highest BCUT2D eigenvalue weighted by Gasteiger charge is 2.54. The molecule has 3 nitrogen and oxygen atoms in total. The van der Waals surface area contributed by atoms with Crippen LogP contribution in [0.3, 0.4) is 0 Å². The SMILES string of the molecule is C[C@@H]1CO[C@@H]2C[C@@H](C(F)(F)F)C[C@@H](C(=O)O)[C@@H]12. The average Bonchev–Trinajstić information content (AvgIpc) is 2.58. The number of aliphatic carboxylic acids is 1. The highest BCUT2D eigenvalue weighted by atomic mass is 19.4. The molecule has 0 aromatic carbocycles. The number of carboxylic acids is 1. The Morgan fingerprint density at radius 2 is 2.00 bits per heavy atom. The molecule has 0 aromatic heterocycles. The summed E-state index contributed by atoms with van der Waals surface area (Å²) < 4.78 is 43.4. The summed E-state index contributed by atoms with van der Waals surface area (Å²) in [5, 5.41) is 9.06. The molecule has 6 heteroatoms. The molecule has 98 valence electrons. The number of hydrogen-bond acceptors (Lipinski definition) is 2. The molecule has 1 aliphatic carbocycles. The van der Waals surface area contributed by atoms with Gasteiger partial charge in [-0.2, -0.15) is 13.2 Å². The number of hydrogen-bond donors (Lipinski definition) is 1. The van der Waals surface area contributed by atoms with E-state index in [4.69, 9.17) is 9.84 Å². The lowest BCUT2D eigenvalue weighted by atomic mass is 9.69. The van der Waals surface area contributed by atoms with Crippen molar-refractivity contribution in [3.8, 4) is 0 Å². The van der Waals surface area contributed by atoms with Crippen molar-refractivity contribution in [1.29, 1.82) is 0 Å². The minimum absolute atomic E-state index is 0.0234. The molecule has 0 amide bonds. The predicted octanol–water partition coefficient (Wildman–Crippen LogP) is 2.31. The maximum atomic E-state index is 12.7. The molecule has 1 heterocycles. The van der Waals surface area contributed by atoms with E-state index in [1.807, 2.05) is 6.92 Å². The Morgan fingerprint density at radius 1 is 1.35 bits per heavy atom. The van der Waals surface area contributed by atoms with Crippen LogP contribution in [0.25, 0.3) is 0 Å². The van der Waals surface area contributed by atoms with Crippen LogP contribution < -0.4 is 0 Å². The molecule has 2 rings (SSSR count). The lowest BCUT2D eigenvalue weighted by Crippen LogP contribution is -2.44. The van der Waals surface area contributed by atoms with Gasteiger partial charge in [-0.25, -0.2) is 0 Å². The second kappa shape index (κ2) is 4.15. The zero-order valence-electron chi connectivity index (χ0n) is 9.41. The summed E-state index contributed by atoms with van der Waals surface area (Å²) in [5.74, 6) is -3.86. The first-order valence-corrected chi connectivity index (χ1v) is 5.71. The van der Waals surface area contributed by atoms with Gasteiger partial charge in [-0.05, 0) is 18.8 Å². The molecule has 5 atom stereocenters. The van der Waals surface area contributed by atoms with E-state index in [-0.39, 0.29) is 24.7 Å². The van der Waals surface area contributed by atoms with Gasteiger partial charge in [0.2, 0.25) is 0 Å². The Labute approximate surface area is 96.9 Å². The molecule has 17 heavy (non-hydrogen) atoms. The van der Waals surface area contributed by atoms with E-state index >= 15 is 0 Å². The van der Waals surface area contributed by atoms with E-state index in [2.05, 4.69) is 0 Å². The van der Waals surface area contributed by atoms with Crippen LogP contribution in [-0.4, -0.2) is 30.0 Å². The molecule has 0 radical (unpaired) electrons. The lowest BCUT2D eigenvalue weighted by Gasteiger charge is -2.37. The summed E-state index contributed by atoms with van der Waals surface area (Å²) in [6.07, 6.45) is -5.28.